The Morgan fingerprint density at radius 1 is 0.857 bits per heavy atom. The van der Waals surface area contributed by atoms with Crippen molar-refractivity contribution in [1.29, 1.82) is 0 Å². The molecule has 0 saturated heterocycles. The molecule has 3 aromatic rings. The van der Waals surface area contributed by atoms with E-state index in [9.17, 15) is 4.79 Å². The minimum absolute atomic E-state index is 0.344. The molecule has 4 rings (SSSR count). The molecular formula is C22H19N3O2S. The van der Waals surface area contributed by atoms with E-state index in [-0.39, 0.29) is 11.5 Å². The van der Waals surface area contributed by atoms with Gasteiger partial charge >= 0.3 is 6.03 Å². The number of thioether (sulfide) groups is 1. The lowest BCUT2D eigenvalue weighted by molar-refractivity contribution is 0.256. The topological polar surface area (TPSA) is 54.3 Å². The van der Waals surface area contributed by atoms with E-state index in [1.54, 1.807) is 16.7 Å². The Kier molecular flexibility index (Phi) is 5.68. The first-order valence-corrected chi connectivity index (χ1v) is 10.0. The molecule has 0 N–H and O–H groups in total. The van der Waals surface area contributed by atoms with Crippen LogP contribution in [-0.4, -0.2) is 11.5 Å². The lowest BCUT2D eigenvalue weighted by Gasteiger charge is -2.21. The molecule has 6 heteroatoms. The molecule has 140 valence electrons. The summed E-state index contributed by atoms with van der Waals surface area (Å²) in [6.07, 6.45) is 0. The highest BCUT2D eigenvalue weighted by molar-refractivity contribution is 7.99. The van der Waals surface area contributed by atoms with Crippen LogP contribution < -0.4 is 9.64 Å². The minimum atomic E-state index is -0.358. The number of rotatable bonds is 7. The van der Waals surface area contributed by atoms with Crippen molar-refractivity contribution in [3.05, 3.63) is 96.1 Å². The zero-order valence-electron chi connectivity index (χ0n) is 15.1. The van der Waals surface area contributed by atoms with Gasteiger partial charge in [-0.05, 0) is 35.4 Å². The molecule has 1 atom stereocenters. The molecule has 0 aromatic heterocycles. The van der Waals surface area contributed by atoms with Gasteiger partial charge in [0.05, 0.1) is 0 Å². The molecule has 1 aliphatic rings. The predicted octanol–water partition coefficient (Wildman–Crippen LogP) is 5.87. The van der Waals surface area contributed by atoms with Crippen LogP contribution in [0.5, 0.6) is 5.75 Å². The summed E-state index contributed by atoms with van der Waals surface area (Å²) in [4.78, 5) is 13.8. The first kappa shape index (κ1) is 18.3. The molecule has 1 unspecified atom stereocenters. The van der Waals surface area contributed by atoms with Crippen molar-refractivity contribution in [1.82, 2.24) is 0 Å². The molecule has 1 aliphatic heterocycles. The zero-order valence-corrected chi connectivity index (χ0v) is 16.0. The molecule has 0 saturated carbocycles. The lowest BCUT2D eigenvalue weighted by Crippen LogP contribution is -2.30. The van der Waals surface area contributed by atoms with Gasteiger partial charge in [0, 0.05) is 11.4 Å². The van der Waals surface area contributed by atoms with Gasteiger partial charge in [-0.3, -0.25) is 4.90 Å². The van der Waals surface area contributed by atoms with Crippen LogP contribution in [0.15, 0.2) is 95.2 Å². The average molecular weight is 389 g/mol. The largest absolute Gasteiger partial charge is 0.489 e. The van der Waals surface area contributed by atoms with Gasteiger partial charge < -0.3 is 4.74 Å². The molecule has 0 spiro atoms. The van der Waals surface area contributed by atoms with Crippen molar-refractivity contribution in [2.45, 2.75) is 17.9 Å². The number of azo groups is 1. The third kappa shape index (κ3) is 4.40. The van der Waals surface area contributed by atoms with Crippen LogP contribution in [0.3, 0.4) is 0 Å². The molecule has 5 nitrogen and oxygen atoms in total. The Bertz CT molecular complexity index is 947. The van der Waals surface area contributed by atoms with Crippen molar-refractivity contribution < 1.29 is 9.53 Å². The number of urea groups is 1. The summed E-state index contributed by atoms with van der Waals surface area (Å²) in [6.45, 7) is 0.503. The van der Waals surface area contributed by atoms with Gasteiger partial charge in [0.1, 0.15) is 12.4 Å². The third-order valence-electron chi connectivity index (χ3n) is 4.27. The maximum absolute atomic E-state index is 12.2. The highest BCUT2D eigenvalue weighted by Crippen LogP contribution is 2.32. The molecule has 3 aromatic carbocycles. The van der Waals surface area contributed by atoms with Crippen molar-refractivity contribution in [2.75, 3.05) is 4.90 Å². The van der Waals surface area contributed by atoms with E-state index in [1.807, 2.05) is 72.8 Å². The molecule has 0 bridgehead atoms. The predicted molar refractivity (Wildman–Crippen MR) is 111 cm³/mol. The fourth-order valence-electron chi connectivity index (χ4n) is 2.83. The Balaban J connectivity index is 1.39. The molecule has 28 heavy (non-hydrogen) atoms. The number of carbonyl (C=O) groups is 1. The number of benzene rings is 3. The summed E-state index contributed by atoms with van der Waals surface area (Å²) in [5.74, 6) is 1.51. The standard InChI is InChI=1S/C22H19N3O2S/c26-21-23-24-22(28-16-18-9-5-2-6-10-18)25(21)19-11-13-20(14-12-19)27-15-17-7-3-1-4-8-17/h1-14,22H,15-16H2. The minimum Gasteiger partial charge on any atom is -0.489 e. The monoisotopic (exact) mass is 389 g/mol. The number of nitrogens with zero attached hydrogens (tertiary/aromatic N) is 3. The van der Waals surface area contributed by atoms with Crippen LogP contribution in [0.1, 0.15) is 11.1 Å². The second-order valence-electron chi connectivity index (χ2n) is 6.26. The van der Waals surface area contributed by atoms with E-state index in [2.05, 4.69) is 22.4 Å². The van der Waals surface area contributed by atoms with E-state index in [4.69, 9.17) is 4.74 Å². The van der Waals surface area contributed by atoms with Crippen molar-refractivity contribution >= 4 is 23.5 Å². The normalized spacial score (nSPS) is 15.8. The maximum Gasteiger partial charge on any atom is 0.368 e. The molecular weight excluding hydrogens is 370 g/mol. The van der Waals surface area contributed by atoms with Crippen LogP contribution in [0.4, 0.5) is 10.5 Å². The second kappa shape index (κ2) is 8.71. The van der Waals surface area contributed by atoms with E-state index >= 15 is 0 Å². The van der Waals surface area contributed by atoms with E-state index in [0.29, 0.717) is 6.61 Å². The summed E-state index contributed by atoms with van der Waals surface area (Å²) in [6, 6.07) is 27.2. The number of amides is 2. The summed E-state index contributed by atoms with van der Waals surface area (Å²) in [5.41, 5.74) is 2.69. The summed E-state index contributed by atoms with van der Waals surface area (Å²) in [7, 11) is 0. The summed E-state index contributed by atoms with van der Waals surface area (Å²) < 4.78 is 5.81. The number of hydrogen-bond donors (Lipinski definition) is 0. The van der Waals surface area contributed by atoms with E-state index in [0.717, 1.165) is 22.8 Å². The lowest BCUT2D eigenvalue weighted by atomic mass is 10.2. The second-order valence-corrected chi connectivity index (χ2v) is 7.30. The van der Waals surface area contributed by atoms with E-state index in [1.165, 1.54) is 5.56 Å². The maximum atomic E-state index is 12.2. The van der Waals surface area contributed by atoms with Gasteiger partial charge in [0.25, 0.3) is 0 Å². The van der Waals surface area contributed by atoms with E-state index < -0.39 is 0 Å². The summed E-state index contributed by atoms with van der Waals surface area (Å²) in [5, 5.41) is 7.87. The van der Waals surface area contributed by atoms with Gasteiger partial charge in [-0.15, -0.1) is 16.9 Å². The van der Waals surface area contributed by atoms with Crippen LogP contribution >= 0.6 is 11.8 Å². The fraction of sp³-hybridized carbons (Fsp3) is 0.136. The van der Waals surface area contributed by atoms with Gasteiger partial charge in [0.15, 0.2) is 5.50 Å². The number of anilines is 1. The third-order valence-corrected chi connectivity index (χ3v) is 5.38. The van der Waals surface area contributed by atoms with Crippen LogP contribution in [-0.2, 0) is 12.4 Å². The van der Waals surface area contributed by atoms with Crippen molar-refractivity contribution in [3.63, 3.8) is 0 Å². The molecule has 2 amide bonds. The number of carbonyl (C=O) groups excluding carboxylic acids is 1. The van der Waals surface area contributed by atoms with Crippen LogP contribution in [0, 0.1) is 0 Å². The SMILES string of the molecule is O=C1N=NC(SCc2ccccc2)N1c1ccc(OCc2ccccc2)cc1. The summed E-state index contributed by atoms with van der Waals surface area (Å²) >= 11 is 1.57. The Labute approximate surface area is 168 Å². The number of hydrogen-bond acceptors (Lipinski definition) is 4. The Hall–Kier alpha value is -3.12. The Morgan fingerprint density at radius 2 is 1.50 bits per heavy atom. The molecule has 0 radical (unpaired) electrons. The van der Waals surface area contributed by atoms with Crippen molar-refractivity contribution in [2.24, 2.45) is 10.2 Å². The fourth-order valence-corrected chi connectivity index (χ4v) is 3.84. The number of ether oxygens (including phenoxy) is 1. The highest BCUT2D eigenvalue weighted by Gasteiger charge is 2.31. The molecule has 0 aliphatic carbocycles. The van der Waals surface area contributed by atoms with Crippen LogP contribution in [0.2, 0.25) is 0 Å². The zero-order chi connectivity index (χ0) is 19.2. The molecule has 0 fully saturated rings. The smallest absolute Gasteiger partial charge is 0.368 e. The van der Waals surface area contributed by atoms with Crippen molar-refractivity contribution in [3.8, 4) is 5.75 Å². The first-order valence-electron chi connectivity index (χ1n) is 8.96. The quantitative estimate of drug-likeness (QED) is 0.507. The van der Waals surface area contributed by atoms with Crippen LogP contribution in [0.25, 0.3) is 0 Å². The molecule has 1 heterocycles. The highest BCUT2D eigenvalue weighted by atomic mass is 32.2. The van der Waals surface area contributed by atoms with Gasteiger partial charge in [-0.1, -0.05) is 65.8 Å². The first-order chi connectivity index (χ1) is 13.8. The van der Waals surface area contributed by atoms with Gasteiger partial charge in [-0.2, -0.15) is 0 Å². The van der Waals surface area contributed by atoms with Gasteiger partial charge in [0.2, 0.25) is 0 Å². The van der Waals surface area contributed by atoms with Gasteiger partial charge in [-0.25, -0.2) is 4.79 Å². The Morgan fingerprint density at radius 3 is 2.18 bits per heavy atom. The average Bonchev–Trinajstić information content (AvgIpc) is 3.13.